The van der Waals surface area contributed by atoms with Crippen LogP contribution in [0.1, 0.15) is 50.7 Å². The SMILES string of the molecule is C#CCCC(C)CCC(C)(C(=O)CBr)c1cccc(C)c1. The maximum Gasteiger partial charge on any atom is 0.153 e. The number of Topliss-reactive ketones (excluding diaryl/α,β-unsaturated/α-hetero) is 1. The Hall–Kier alpha value is -1.07. The van der Waals surface area contributed by atoms with Gasteiger partial charge in [-0.3, -0.25) is 4.79 Å². The Balaban J connectivity index is 2.90. The molecule has 0 bridgehead atoms. The average Bonchev–Trinajstić information content (AvgIpc) is 2.49. The lowest BCUT2D eigenvalue weighted by molar-refractivity contribution is -0.121. The normalized spacial score (nSPS) is 15.0. The minimum absolute atomic E-state index is 0.247. The summed E-state index contributed by atoms with van der Waals surface area (Å²) in [7, 11) is 0. The first-order valence-electron chi connectivity index (χ1n) is 7.54. The highest BCUT2D eigenvalue weighted by Crippen LogP contribution is 2.33. The average molecular weight is 349 g/mol. The second-order valence-electron chi connectivity index (χ2n) is 6.15. The molecule has 0 radical (unpaired) electrons. The Bertz CT molecular complexity index is 515. The first-order valence-corrected chi connectivity index (χ1v) is 8.66. The summed E-state index contributed by atoms with van der Waals surface area (Å²) in [5.41, 5.74) is 1.90. The maximum atomic E-state index is 12.5. The van der Waals surface area contributed by atoms with Crippen LogP contribution in [0.25, 0.3) is 0 Å². The van der Waals surface area contributed by atoms with Gasteiger partial charge in [0.2, 0.25) is 0 Å². The Morgan fingerprint density at radius 1 is 1.43 bits per heavy atom. The smallest absolute Gasteiger partial charge is 0.153 e. The fourth-order valence-corrected chi connectivity index (χ4v) is 3.21. The number of ketones is 1. The molecule has 1 aromatic carbocycles. The summed E-state index contributed by atoms with van der Waals surface area (Å²) in [6.45, 7) is 6.35. The standard InChI is InChI=1S/C19H25BrO/c1-5-6-8-15(2)11-12-19(4,18(21)14-20)17-10-7-9-16(3)13-17/h1,7,9-10,13,15H,6,8,11-12,14H2,2-4H3. The molecule has 1 rings (SSSR count). The van der Waals surface area contributed by atoms with Gasteiger partial charge in [-0.25, -0.2) is 0 Å². The van der Waals surface area contributed by atoms with Crippen molar-refractivity contribution >= 4 is 21.7 Å². The van der Waals surface area contributed by atoms with Crippen molar-refractivity contribution in [3.8, 4) is 12.3 Å². The van der Waals surface area contributed by atoms with Gasteiger partial charge in [-0.05, 0) is 44.6 Å². The van der Waals surface area contributed by atoms with Crippen LogP contribution in [-0.2, 0) is 10.2 Å². The molecule has 0 aliphatic rings. The number of hydrogen-bond acceptors (Lipinski definition) is 1. The molecular formula is C19H25BrO. The number of aryl methyl sites for hydroxylation is 1. The third-order valence-electron chi connectivity index (χ3n) is 4.31. The molecule has 0 aliphatic carbocycles. The van der Waals surface area contributed by atoms with E-state index in [-0.39, 0.29) is 5.78 Å². The molecule has 0 aromatic heterocycles. The van der Waals surface area contributed by atoms with Crippen LogP contribution in [0.3, 0.4) is 0 Å². The van der Waals surface area contributed by atoms with Crippen molar-refractivity contribution in [3.05, 3.63) is 35.4 Å². The molecule has 1 nitrogen and oxygen atoms in total. The Morgan fingerprint density at radius 2 is 2.14 bits per heavy atom. The summed E-state index contributed by atoms with van der Waals surface area (Å²) >= 11 is 3.34. The molecule has 1 aromatic rings. The number of carbonyl (C=O) groups excluding carboxylic acids is 1. The summed E-state index contributed by atoms with van der Waals surface area (Å²) < 4.78 is 0. The number of hydrogen-bond donors (Lipinski definition) is 0. The molecule has 0 spiro atoms. The molecule has 0 saturated carbocycles. The lowest BCUT2D eigenvalue weighted by atomic mass is 9.73. The van der Waals surface area contributed by atoms with E-state index >= 15 is 0 Å². The molecule has 0 aliphatic heterocycles. The topological polar surface area (TPSA) is 17.1 Å². The highest BCUT2D eigenvalue weighted by atomic mass is 79.9. The van der Waals surface area contributed by atoms with Gasteiger partial charge in [-0.1, -0.05) is 52.7 Å². The third kappa shape index (κ3) is 5.00. The Labute approximate surface area is 137 Å². The highest BCUT2D eigenvalue weighted by Gasteiger charge is 2.34. The van der Waals surface area contributed by atoms with Crippen molar-refractivity contribution in [3.63, 3.8) is 0 Å². The van der Waals surface area contributed by atoms with Crippen LogP contribution >= 0.6 is 15.9 Å². The highest BCUT2D eigenvalue weighted by molar-refractivity contribution is 9.09. The van der Waals surface area contributed by atoms with Crippen LogP contribution < -0.4 is 0 Å². The molecule has 0 N–H and O–H groups in total. The van der Waals surface area contributed by atoms with Gasteiger partial charge in [0.25, 0.3) is 0 Å². The summed E-state index contributed by atoms with van der Waals surface area (Å²) in [6.07, 6.45) is 9.06. The van der Waals surface area contributed by atoms with E-state index in [2.05, 4.69) is 60.8 Å². The second kappa shape index (κ2) is 8.39. The van der Waals surface area contributed by atoms with E-state index in [1.165, 1.54) is 5.56 Å². The molecule has 0 fully saturated rings. The number of terminal acetylenes is 1. The van der Waals surface area contributed by atoms with Gasteiger partial charge in [0.1, 0.15) is 0 Å². The molecule has 2 heteroatoms. The summed E-state index contributed by atoms with van der Waals surface area (Å²) in [5.74, 6) is 3.49. The van der Waals surface area contributed by atoms with Crippen LogP contribution in [0, 0.1) is 25.2 Å². The molecule has 2 atom stereocenters. The number of carbonyl (C=O) groups is 1. The van der Waals surface area contributed by atoms with Crippen LogP contribution in [0.4, 0.5) is 0 Å². The molecule has 21 heavy (non-hydrogen) atoms. The summed E-state index contributed by atoms with van der Waals surface area (Å²) in [6, 6.07) is 8.30. The zero-order valence-electron chi connectivity index (χ0n) is 13.3. The predicted octanol–water partition coefficient (Wildman–Crippen LogP) is 5.05. The quantitative estimate of drug-likeness (QED) is 0.474. The van der Waals surface area contributed by atoms with Crippen molar-refractivity contribution in [1.29, 1.82) is 0 Å². The minimum Gasteiger partial charge on any atom is -0.298 e. The van der Waals surface area contributed by atoms with Crippen molar-refractivity contribution in [2.75, 3.05) is 5.33 Å². The lowest BCUT2D eigenvalue weighted by Crippen LogP contribution is -2.34. The van der Waals surface area contributed by atoms with E-state index in [0.29, 0.717) is 11.2 Å². The number of rotatable bonds is 8. The van der Waals surface area contributed by atoms with E-state index in [0.717, 1.165) is 31.2 Å². The first-order chi connectivity index (χ1) is 9.93. The van der Waals surface area contributed by atoms with Crippen molar-refractivity contribution < 1.29 is 4.79 Å². The molecule has 0 heterocycles. The largest absolute Gasteiger partial charge is 0.298 e. The maximum absolute atomic E-state index is 12.5. The molecular weight excluding hydrogens is 324 g/mol. The van der Waals surface area contributed by atoms with E-state index in [4.69, 9.17) is 6.42 Å². The van der Waals surface area contributed by atoms with Gasteiger partial charge < -0.3 is 0 Å². The fraction of sp³-hybridized carbons (Fsp3) is 0.526. The van der Waals surface area contributed by atoms with Crippen LogP contribution in [-0.4, -0.2) is 11.1 Å². The number of halogens is 1. The lowest BCUT2D eigenvalue weighted by Gasteiger charge is -2.29. The zero-order valence-corrected chi connectivity index (χ0v) is 14.9. The third-order valence-corrected chi connectivity index (χ3v) is 4.82. The summed E-state index contributed by atoms with van der Waals surface area (Å²) in [4.78, 5) is 12.5. The monoisotopic (exact) mass is 348 g/mol. The molecule has 114 valence electrons. The predicted molar refractivity (Wildman–Crippen MR) is 93.8 cm³/mol. The van der Waals surface area contributed by atoms with E-state index in [1.54, 1.807) is 0 Å². The van der Waals surface area contributed by atoms with Gasteiger partial charge >= 0.3 is 0 Å². The van der Waals surface area contributed by atoms with Gasteiger partial charge in [0.05, 0.1) is 10.7 Å². The van der Waals surface area contributed by atoms with Crippen LogP contribution in [0.5, 0.6) is 0 Å². The van der Waals surface area contributed by atoms with E-state index in [9.17, 15) is 4.79 Å². The molecule has 0 amide bonds. The van der Waals surface area contributed by atoms with Gasteiger partial charge in [-0.2, -0.15) is 0 Å². The van der Waals surface area contributed by atoms with Crippen molar-refractivity contribution in [2.45, 2.75) is 51.9 Å². The van der Waals surface area contributed by atoms with Crippen molar-refractivity contribution in [2.24, 2.45) is 5.92 Å². The Morgan fingerprint density at radius 3 is 2.71 bits per heavy atom. The molecule has 2 unspecified atom stereocenters. The van der Waals surface area contributed by atoms with Crippen LogP contribution in [0.15, 0.2) is 24.3 Å². The second-order valence-corrected chi connectivity index (χ2v) is 6.71. The first kappa shape index (κ1) is 18.0. The molecule has 0 saturated heterocycles. The van der Waals surface area contributed by atoms with E-state index < -0.39 is 5.41 Å². The zero-order chi connectivity index (χ0) is 15.9. The Kier molecular flexibility index (Phi) is 7.18. The summed E-state index contributed by atoms with van der Waals surface area (Å²) in [5, 5.41) is 0.399. The van der Waals surface area contributed by atoms with Gasteiger partial charge in [-0.15, -0.1) is 12.3 Å². The minimum atomic E-state index is -0.417. The van der Waals surface area contributed by atoms with Crippen LogP contribution in [0.2, 0.25) is 0 Å². The fourth-order valence-electron chi connectivity index (χ4n) is 2.59. The van der Waals surface area contributed by atoms with Crippen molar-refractivity contribution in [1.82, 2.24) is 0 Å². The number of benzene rings is 1. The van der Waals surface area contributed by atoms with Gasteiger partial charge in [0.15, 0.2) is 5.78 Å². The van der Waals surface area contributed by atoms with E-state index in [1.807, 2.05) is 6.07 Å². The number of alkyl halides is 1. The van der Waals surface area contributed by atoms with Gasteiger partial charge in [0, 0.05) is 6.42 Å².